The number of carbonyl (C=O) groups is 2. The Morgan fingerprint density at radius 2 is 1.71 bits per heavy atom. The van der Waals surface area contributed by atoms with Crippen LogP contribution in [0.25, 0.3) is 0 Å². The van der Waals surface area contributed by atoms with Gasteiger partial charge in [0.15, 0.2) is 0 Å². The van der Waals surface area contributed by atoms with Gasteiger partial charge in [0.25, 0.3) is 10.0 Å². The summed E-state index contributed by atoms with van der Waals surface area (Å²) in [5.74, 6) is -1.01. The zero-order valence-electron chi connectivity index (χ0n) is 16.4. The Balaban J connectivity index is 1.81. The number of carbonyl (C=O) groups excluding carboxylic acids is 2. The molecule has 0 aliphatic rings. The molecule has 1 heterocycles. The number of ether oxygens (including phenoxy) is 1. The van der Waals surface area contributed by atoms with E-state index >= 15 is 0 Å². The molecular weight excluding hydrogens is 504 g/mol. The summed E-state index contributed by atoms with van der Waals surface area (Å²) in [6.45, 7) is 0. The number of nitrogens with one attached hydrogen (secondary N) is 2. The second-order valence-electron chi connectivity index (χ2n) is 6.48. The average molecular weight is 523 g/mol. The number of benzene rings is 2. The Morgan fingerprint density at radius 3 is 2.29 bits per heavy atom. The van der Waals surface area contributed by atoms with Crippen LogP contribution >= 0.6 is 27.3 Å². The highest BCUT2D eigenvalue weighted by molar-refractivity contribution is 9.11. The van der Waals surface area contributed by atoms with Crippen molar-refractivity contribution in [3.05, 3.63) is 81.6 Å². The normalized spacial score (nSPS) is 12.2. The van der Waals surface area contributed by atoms with Gasteiger partial charge in [-0.1, -0.05) is 30.3 Å². The van der Waals surface area contributed by atoms with E-state index in [0.29, 0.717) is 15.0 Å². The molecule has 7 nitrogen and oxygen atoms in total. The number of methoxy groups -OCH3 is 1. The molecule has 2 aromatic carbocycles. The molecule has 2 N–H and O–H groups in total. The Morgan fingerprint density at radius 1 is 1.03 bits per heavy atom. The summed E-state index contributed by atoms with van der Waals surface area (Å²) in [7, 11) is -2.62. The topological polar surface area (TPSA) is 102 Å². The first-order valence-electron chi connectivity index (χ1n) is 9.09. The lowest BCUT2D eigenvalue weighted by Crippen LogP contribution is -2.45. The molecular formula is C21H19BrN2O5S2. The van der Waals surface area contributed by atoms with Crippen LogP contribution in [0.15, 0.2) is 74.7 Å². The molecule has 0 bridgehead atoms. The number of amides is 1. The number of hydrogen-bond acceptors (Lipinski definition) is 6. The van der Waals surface area contributed by atoms with E-state index in [1.807, 2.05) is 30.3 Å². The van der Waals surface area contributed by atoms with E-state index in [1.54, 1.807) is 18.2 Å². The molecule has 1 atom stereocenters. The number of hydrogen-bond donors (Lipinski definition) is 2. The molecule has 0 unspecified atom stereocenters. The van der Waals surface area contributed by atoms with Crippen molar-refractivity contribution in [2.75, 3.05) is 12.4 Å². The van der Waals surface area contributed by atoms with Gasteiger partial charge in [0.1, 0.15) is 10.3 Å². The summed E-state index contributed by atoms with van der Waals surface area (Å²) >= 11 is 4.31. The fourth-order valence-electron chi connectivity index (χ4n) is 2.76. The molecule has 0 fully saturated rings. The second kappa shape index (κ2) is 10.2. The summed E-state index contributed by atoms with van der Waals surface area (Å²) in [6, 6.07) is 17.3. The molecule has 0 aliphatic carbocycles. The summed E-state index contributed by atoms with van der Waals surface area (Å²) in [4.78, 5) is 24.5. The fraction of sp³-hybridized carbons (Fsp3) is 0.143. The van der Waals surface area contributed by atoms with E-state index < -0.39 is 27.9 Å². The fourth-order valence-corrected chi connectivity index (χ4v) is 5.98. The summed E-state index contributed by atoms with van der Waals surface area (Å²) in [6.07, 6.45) is 0.165. The average Bonchev–Trinajstić information content (AvgIpc) is 3.21. The third-order valence-electron chi connectivity index (χ3n) is 4.28. The zero-order valence-corrected chi connectivity index (χ0v) is 19.6. The van der Waals surface area contributed by atoms with Crippen molar-refractivity contribution in [2.24, 2.45) is 0 Å². The van der Waals surface area contributed by atoms with Crippen LogP contribution in [0.1, 0.15) is 15.9 Å². The standard InChI is InChI=1S/C21H19BrN2O5S2/c1-29-21(26)15-7-9-16(10-8-15)23-20(25)17(13-14-5-3-2-4-6-14)24-31(27,28)19-12-11-18(22)30-19/h2-12,17,24H,13H2,1H3,(H,23,25)/t17-/m1/s1. The van der Waals surface area contributed by atoms with Gasteiger partial charge in [-0.05, 0) is 64.3 Å². The Labute approximate surface area is 192 Å². The van der Waals surface area contributed by atoms with Gasteiger partial charge in [0, 0.05) is 5.69 Å². The number of halogens is 1. The van der Waals surface area contributed by atoms with Crippen LogP contribution in [0.2, 0.25) is 0 Å². The quantitative estimate of drug-likeness (QED) is 0.437. The third kappa shape index (κ3) is 6.23. The maximum atomic E-state index is 13.0. The van der Waals surface area contributed by atoms with Crippen molar-refractivity contribution in [1.82, 2.24) is 4.72 Å². The summed E-state index contributed by atoms with van der Waals surface area (Å²) < 4.78 is 33.5. The molecule has 0 radical (unpaired) electrons. The van der Waals surface area contributed by atoms with Crippen LogP contribution in [0.3, 0.4) is 0 Å². The molecule has 0 spiro atoms. The van der Waals surface area contributed by atoms with Crippen molar-refractivity contribution in [1.29, 1.82) is 0 Å². The molecule has 0 saturated carbocycles. The molecule has 1 aromatic heterocycles. The van der Waals surface area contributed by atoms with E-state index in [1.165, 1.54) is 25.3 Å². The minimum atomic E-state index is -3.90. The van der Waals surface area contributed by atoms with Gasteiger partial charge >= 0.3 is 5.97 Å². The molecule has 1 amide bonds. The van der Waals surface area contributed by atoms with Gasteiger partial charge < -0.3 is 10.1 Å². The SMILES string of the molecule is COC(=O)c1ccc(NC(=O)[C@@H](Cc2ccccc2)NS(=O)(=O)c2ccc(Br)s2)cc1. The number of anilines is 1. The van der Waals surface area contributed by atoms with E-state index in [0.717, 1.165) is 16.9 Å². The van der Waals surface area contributed by atoms with Gasteiger partial charge in [-0.15, -0.1) is 11.3 Å². The van der Waals surface area contributed by atoms with Crippen LogP contribution in [0.4, 0.5) is 5.69 Å². The number of rotatable bonds is 8. The van der Waals surface area contributed by atoms with Gasteiger partial charge in [0.2, 0.25) is 5.91 Å². The van der Waals surface area contributed by atoms with Crippen LogP contribution in [-0.2, 0) is 26.0 Å². The lowest BCUT2D eigenvalue weighted by atomic mass is 10.1. The molecule has 0 aliphatic heterocycles. The number of sulfonamides is 1. The van der Waals surface area contributed by atoms with Gasteiger partial charge in [0.05, 0.1) is 16.5 Å². The minimum Gasteiger partial charge on any atom is -0.465 e. The van der Waals surface area contributed by atoms with Crippen molar-refractivity contribution in [3.63, 3.8) is 0 Å². The predicted octanol–water partition coefficient (Wildman–Crippen LogP) is 3.83. The monoisotopic (exact) mass is 522 g/mol. The van der Waals surface area contributed by atoms with E-state index in [-0.39, 0.29) is 10.6 Å². The molecule has 0 saturated heterocycles. The molecule has 31 heavy (non-hydrogen) atoms. The largest absolute Gasteiger partial charge is 0.465 e. The van der Waals surface area contributed by atoms with E-state index in [9.17, 15) is 18.0 Å². The first-order valence-corrected chi connectivity index (χ1v) is 12.2. The minimum absolute atomic E-state index is 0.104. The van der Waals surface area contributed by atoms with Gasteiger partial charge in [-0.25, -0.2) is 13.2 Å². The Kier molecular flexibility index (Phi) is 7.60. The summed E-state index contributed by atoms with van der Waals surface area (Å²) in [5.41, 5.74) is 1.57. The maximum absolute atomic E-state index is 13.0. The Hall–Kier alpha value is -2.53. The van der Waals surface area contributed by atoms with E-state index in [4.69, 9.17) is 0 Å². The third-order valence-corrected chi connectivity index (χ3v) is 7.87. The molecule has 162 valence electrons. The molecule has 3 aromatic rings. The van der Waals surface area contributed by atoms with Crippen molar-refractivity contribution >= 4 is 54.9 Å². The lowest BCUT2D eigenvalue weighted by Gasteiger charge is -2.18. The van der Waals surface area contributed by atoms with Crippen LogP contribution < -0.4 is 10.0 Å². The lowest BCUT2D eigenvalue weighted by molar-refractivity contribution is -0.117. The molecule has 10 heteroatoms. The highest BCUT2D eigenvalue weighted by atomic mass is 79.9. The van der Waals surface area contributed by atoms with Crippen LogP contribution in [-0.4, -0.2) is 33.4 Å². The highest BCUT2D eigenvalue weighted by Crippen LogP contribution is 2.26. The Bertz CT molecular complexity index is 1160. The zero-order chi connectivity index (χ0) is 22.4. The summed E-state index contributed by atoms with van der Waals surface area (Å²) in [5, 5.41) is 2.70. The van der Waals surface area contributed by atoms with Crippen molar-refractivity contribution < 1.29 is 22.7 Å². The van der Waals surface area contributed by atoms with E-state index in [2.05, 4.69) is 30.7 Å². The van der Waals surface area contributed by atoms with Gasteiger partial charge in [-0.3, -0.25) is 4.79 Å². The first-order chi connectivity index (χ1) is 14.8. The number of thiophene rings is 1. The van der Waals surface area contributed by atoms with Crippen LogP contribution in [0, 0.1) is 0 Å². The van der Waals surface area contributed by atoms with Crippen LogP contribution in [0.5, 0.6) is 0 Å². The van der Waals surface area contributed by atoms with Crippen molar-refractivity contribution in [2.45, 2.75) is 16.7 Å². The smallest absolute Gasteiger partial charge is 0.337 e. The first kappa shape index (κ1) is 23.1. The van der Waals surface area contributed by atoms with Gasteiger partial charge in [-0.2, -0.15) is 4.72 Å². The maximum Gasteiger partial charge on any atom is 0.337 e. The molecule has 3 rings (SSSR count). The predicted molar refractivity (Wildman–Crippen MR) is 123 cm³/mol. The highest BCUT2D eigenvalue weighted by Gasteiger charge is 2.27. The second-order valence-corrected chi connectivity index (χ2v) is 10.9. The number of esters is 1. The van der Waals surface area contributed by atoms with Crippen molar-refractivity contribution in [3.8, 4) is 0 Å².